The fraction of sp³-hybridized carbons (Fsp3) is 0.615. The Bertz CT molecular complexity index is 1590. The van der Waals surface area contributed by atoms with Crippen molar-refractivity contribution in [3.63, 3.8) is 0 Å². The summed E-state index contributed by atoms with van der Waals surface area (Å²) in [6, 6.07) is 9.95. The van der Waals surface area contributed by atoms with E-state index in [-0.39, 0.29) is 20.0 Å². The van der Waals surface area contributed by atoms with Crippen molar-refractivity contribution in [2.24, 2.45) is 0 Å². The van der Waals surface area contributed by atoms with Gasteiger partial charge in [0.2, 0.25) is 0 Å². The van der Waals surface area contributed by atoms with Crippen LogP contribution in [-0.2, 0) is 49.2 Å². The molecule has 0 fully saturated rings. The minimum atomic E-state index is -5.34. The average molecular weight is 858 g/mol. The second-order valence-corrected chi connectivity index (χ2v) is 15.1. The molecule has 2 aromatic rings. The van der Waals surface area contributed by atoms with Crippen LogP contribution in [0.4, 0.5) is 22.8 Å². The predicted molar refractivity (Wildman–Crippen MR) is 210 cm³/mol. The summed E-state index contributed by atoms with van der Waals surface area (Å²) in [7, 11) is -2.04. The van der Waals surface area contributed by atoms with Crippen LogP contribution in [0.15, 0.2) is 36.4 Å². The van der Waals surface area contributed by atoms with Crippen LogP contribution in [0.2, 0.25) is 0 Å². The molecule has 2 amide bonds. The molecule has 0 aromatic heterocycles. The van der Waals surface area contributed by atoms with Gasteiger partial charge in [-0.3, -0.25) is 4.18 Å². The lowest BCUT2D eigenvalue weighted by atomic mass is 9.99. The van der Waals surface area contributed by atoms with E-state index in [0.29, 0.717) is 47.8 Å². The Morgan fingerprint density at radius 1 is 0.741 bits per heavy atom. The standard InChI is InChI=1S/C27H43NO10.C8H10O.C2H3F3O3S.C2H6/c1-11-33-16-35-21-13-18(3)19(15-22(21)36-17-34-12-2)14-20(23(29)32-10)28(24(30)37-26(4,5)6)25(31)38-27(7,8)9;1-7-3-5-8(9-2)6-4-7;1-8-9(6,7)2(3,4)5;1-2/h13,15,20H,11-12,14,16-17H2,1-10H3;3-6H,1-2H3;1H3;1-2H3/t20-;;;/m0.../s1. The first-order valence-corrected chi connectivity index (χ1v) is 19.5. The summed E-state index contributed by atoms with van der Waals surface area (Å²) in [6.07, 6.45) is -2.18. The minimum absolute atomic E-state index is 0.0101. The molecular weight excluding hydrogens is 795 g/mol. The van der Waals surface area contributed by atoms with Crippen LogP contribution in [0, 0.1) is 13.8 Å². The van der Waals surface area contributed by atoms with E-state index in [9.17, 15) is 36.0 Å². The Kier molecular flexibility index (Phi) is 25.6. The second-order valence-electron chi connectivity index (χ2n) is 13.4. The van der Waals surface area contributed by atoms with E-state index in [2.05, 4.69) is 11.1 Å². The number of carbonyl (C=O) groups is 3. The SMILES string of the molecule is CC.CCOCOc1cc(C)c(C[C@@H](C(=O)OC)N(C(=O)OC(C)(C)C)C(=O)OC(C)(C)C)cc1OCOCC.COS(=O)(=O)C(F)(F)F.COc1ccc(C)cc1. The van der Waals surface area contributed by atoms with Crippen molar-refractivity contribution in [1.29, 1.82) is 0 Å². The highest BCUT2D eigenvalue weighted by atomic mass is 32.2. The van der Waals surface area contributed by atoms with Crippen LogP contribution in [0.3, 0.4) is 0 Å². The van der Waals surface area contributed by atoms with Gasteiger partial charge in [-0.1, -0.05) is 31.5 Å². The smallest absolute Gasteiger partial charge is 0.497 e. The van der Waals surface area contributed by atoms with Crippen LogP contribution in [0.5, 0.6) is 17.2 Å². The van der Waals surface area contributed by atoms with Gasteiger partial charge < -0.3 is 37.9 Å². The number of imide groups is 1. The highest BCUT2D eigenvalue weighted by Crippen LogP contribution is 2.33. The van der Waals surface area contributed by atoms with Gasteiger partial charge in [-0.25, -0.2) is 14.4 Å². The number of methoxy groups -OCH3 is 2. The monoisotopic (exact) mass is 857 g/mol. The van der Waals surface area contributed by atoms with Crippen LogP contribution < -0.4 is 14.2 Å². The van der Waals surface area contributed by atoms with Crippen molar-refractivity contribution in [3.05, 3.63) is 53.1 Å². The van der Waals surface area contributed by atoms with E-state index in [0.717, 1.165) is 5.75 Å². The lowest BCUT2D eigenvalue weighted by Gasteiger charge is -2.32. The van der Waals surface area contributed by atoms with Gasteiger partial charge in [0.05, 0.1) is 21.3 Å². The molecule has 2 rings (SSSR count). The van der Waals surface area contributed by atoms with Crippen LogP contribution in [0.1, 0.15) is 85.9 Å². The molecule has 0 bridgehead atoms. The van der Waals surface area contributed by atoms with E-state index in [1.54, 1.807) is 67.7 Å². The quantitative estimate of drug-likeness (QED) is 0.0442. The molecule has 0 radical (unpaired) electrons. The maximum atomic E-state index is 13.2. The van der Waals surface area contributed by atoms with Crippen molar-refractivity contribution >= 4 is 28.3 Å². The molecule has 0 spiro atoms. The Morgan fingerprint density at radius 2 is 1.17 bits per heavy atom. The molecule has 0 saturated carbocycles. The summed E-state index contributed by atoms with van der Waals surface area (Å²) in [5.41, 5.74) is -4.62. The van der Waals surface area contributed by atoms with Crippen molar-refractivity contribution < 1.29 is 78.1 Å². The third-order valence-corrected chi connectivity index (χ3v) is 7.55. The number of aryl methyl sites for hydroxylation is 2. The van der Waals surface area contributed by atoms with Crippen molar-refractivity contribution in [2.45, 2.75) is 112 Å². The minimum Gasteiger partial charge on any atom is -0.497 e. The number of carbonyl (C=O) groups excluding carboxylic acids is 3. The molecule has 15 nitrogen and oxygen atoms in total. The summed E-state index contributed by atoms with van der Waals surface area (Å²) in [4.78, 5) is 40.0. The first-order valence-electron chi connectivity index (χ1n) is 18.1. The maximum Gasteiger partial charge on any atom is 0.523 e. The number of ether oxygens (including phenoxy) is 8. The molecule has 58 heavy (non-hydrogen) atoms. The largest absolute Gasteiger partial charge is 0.523 e. The van der Waals surface area contributed by atoms with Gasteiger partial charge in [0, 0.05) is 19.6 Å². The number of hydrogen-bond donors (Lipinski definition) is 0. The van der Waals surface area contributed by atoms with E-state index >= 15 is 0 Å². The number of halogens is 3. The fourth-order valence-corrected chi connectivity index (χ4v) is 4.06. The van der Waals surface area contributed by atoms with Crippen LogP contribution in [-0.4, -0.2) is 102 Å². The third kappa shape index (κ3) is 22.0. The second kappa shape index (κ2) is 26.6. The molecule has 0 N–H and O–H groups in total. The summed E-state index contributed by atoms with van der Waals surface area (Å²) < 4.78 is 98.7. The summed E-state index contributed by atoms with van der Waals surface area (Å²) in [5.74, 6) is 0.837. The number of esters is 1. The summed E-state index contributed by atoms with van der Waals surface area (Å²) in [5, 5.41) is 0. The first kappa shape index (κ1) is 55.8. The lowest BCUT2D eigenvalue weighted by molar-refractivity contribution is -0.146. The third-order valence-electron chi connectivity index (χ3n) is 6.54. The Labute approximate surface area is 341 Å². The predicted octanol–water partition coefficient (Wildman–Crippen LogP) is 8.51. The van der Waals surface area contributed by atoms with Crippen LogP contribution >= 0.6 is 0 Å². The number of hydrogen-bond acceptors (Lipinski definition) is 14. The van der Waals surface area contributed by atoms with E-state index in [1.165, 1.54) is 12.7 Å². The van der Waals surface area contributed by atoms with Gasteiger partial charge in [0.1, 0.15) is 23.0 Å². The molecular formula is C39H62F3NO14S. The summed E-state index contributed by atoms with van der Waals surface area (Å²) >= 11 is 0. The zero-order chi connectivity index (χ0) is 45.5. The number of rotatable bonds is 14. The molecule has 334 valence electrons. The molecule has 1 atom stereocenters. The Morgan fingerprint density at radius 3 is 1.50 bits per heavy atom. The fourth-order valence-electron chi connectivity index (χ4n) is 3.87. The highest BCUT2D eigenvalue weighted by molar-refractivity contribution is 7.87. The molecule has 0 aliphatic carbocycles. The Hall–Kier alpha value is -4.33. The van der Waals surface area contributed by atoms with Crippen LogP contribution in [0.25, 0.3) is 0 Å². The number of benzene rings is 2. The normalized spacial score (nSPS) is 11.8. The molecule has 19 heteroatoms. The van der Waals surface area contributed by atoms with Gasteiger partial charge in [0.25, 0.3) is 0 Å². The molecule has 0 aliphatic heterocycles. The highest BCUT2D eigenvalue weighted by Gasteiger charge is 2.46. The van der Waals surface area contributed by atoms with E-state index in [4.69, 9.17) is 37.9 Å². The first-order chi connectivity index (χ1) is 26.8. The van der Waals surface area contributed by atoms with E-state index in [1.807, 2.05) is 52.0 Å². The van der Waals surface area contributed by atoms with Gasteiger partial charge in [-0.15, -0.1) is 0 Å². The maximum absolute atomic E-state index is 13.2. The molecule has 0 unspecified atom stereocenters. The van der Waals surface area contributed by atoms with Gasteiger partial charge in [-0.2, -0.15) is 26.5 Å². The van der Waals surface area contributed by atoms with E-state index < -0.39 is 51.0 Å². The van der Waals surface area contributed by atoms with Crippen molar-refractivity contribution in [3.8, 4) is 17.2 Å². The van der Waals surface area contributed by atoms with Gasteiger partial charge >= 0.3 is 33.8 Å². The molecule has 0 aliphatic rings. The topological polar surface area (TPSA) is 172 Å². The van der Waals surface area contributed by atoms with Gasteiger partial charge in [0.15, 0.2) is 25.1 Å². The number of nitrogens with zero attached hydrogens (tertiary/aromatic N) is 1. The number of alkyl halides is 3. The van der Waals surface area contributed by atoms with Crippen molar-refractivity contribution in [1.82, 2.24) is 4.90 Å². The van der Waals surface area contributed by atoms with Gasteiger partial charge in [-0.05, 0) is 105 Å². The number of amides is 2. The molecule has 0 saturated heterocycles. The Balaban J connectivity index is 0. The molecule has 2 aromatic carbocycles. The average Bonchev–Trinajstić information content (AvgIpc) is 3.12. The zero-order valence-electron chi connectivity index (χ0n) is 36.3. The van der Waals surface area contributed by atoms with Crippen molar-refractivity contribution in [2.75, 3.05) is 48.1 Å². The summed E-state index contributed by atoms with van der Waals surface area (Å²) in [6.45, 7) is 22.3. The zero-order valence-corrected chi connectivity index (χ0v) is 37.1. The lowest BCUT2D eigenvalue weighted by Crippen LogP contribution is -2.53. The molecule has 0 heterocycles.